The number of rotatable bonds is 7. The molecule has 2 fully saturated rings. The number of ether oxygens (including phenoxy) is 1. The third-order valence-electron chi connectivity index (χ3n) is 4.27. The van der Waals surface area contributed by atoms with Crippen molar-refractivity contribution in [1.29, 1.82) is 0 Å². The minimum absolute atomic E-state index is 0.119. The lowest BCUT2D eigenvalue weighted by atomic mass is 10.1. The molecule has 2 nitrogen and oxygen atoms in total. The lowest BCUT2D eigenvalue weighted by molar-refractivity contribution is 0.111. The van der Waals surface area contributed by atoms with Crippen LogP contribution >= 0.6 is 11.3 Å². The van der Waals surface area contributed by atoms with Gasteiger partial charge in [0.15, 0.2) is 0 Å². The third-order valence-corrected chi connectivity index (χ3v) is 5.47. The third kappa shape index (κ3) is 3.12. The maximum Gasteiger partial charge on any atom is 0.132 e. The molecule has 2 aliphatic rings. The number of halogens is 1. The van der Waals surface area contributed by atoms with E-state index in [1.165, 1.54) is 30.6 Å². The number of hydrogen-bond donors (Lipinski definition) is 1. The van der Waals surface area contributed by atoms with Crippen LogP contribution in [0.4, 0.5) is 4.39 Å². The van der Waals surface area contributed by atoms with Crippen molar-refractivity contribution in [2.75, 3.05) is 6.61 Å². The average Bonchev–Trinajstić information content (AvgIpc) is 3.37. The second-order valence-corrected chi connectivity index (χ2v) is 7.37. The molecule has 0 radical (unpaired) electrons. The lowest BCUT2D eigenvalue weighted by Gasteiger charge is -2.07. The molecule has 4 heteroatoms. The van der Waals surface area contributed by atoms with Crippen molar-refractivity contribution in [3.05, 3.63) is 34.5 Å². The second-order valence-electron chi connectivity index (χ2n) is 6.23. The summed E-state index contributed by atoms with van der Waals surface area (Å²) in [5.74, 6) is 0.624. The van der Waals surface area contributed by atoms with Crippen LogP contribution in [-0.2, 0) is 17.9 Å². The number of nitrogens with one attached hydrogen (secondary N) is 1. The van der Waals surface area contributed by atoms with Crippen LogP contribution in [0.15, 0.2) is 18.2 Å². The van der Waals surface area contributed by atoms with Gasteiger partial charge in [-0.3, -0.25) is 0 Å². The Morgan fingerprint density at radius 3 is 2.86 bits per heavy atom. The van der Waals surface area contributed by atoms with Gasteiger partial charge in [-0.25, -0.2) is 4.39 Å². The number of fused-ring (bicyclic) bond motifs is 1. The largest absolute Gasteiger partial charge is 0.376 e. The predicted molar refractivity (Wildman–Crippen MR) is 84.0 cm³/mol. The minimum Gasteiger partial charge on any atom is -0.376 e. The normalized spacial score (nSPS) is 18.5. The van der Waals surface area contributed by atoms with Gasteiger partial charge in [0, 0.05) is 39.7 Å². The van der Waals surface area contributed by atoms with E-state index >= 15 is 0 Å². The van der Waals surface area contributed by atoms with E-state index in [2.05, 4.69) is 5.32 Å². The summed E-state index contributed by atoms with van der Waals surface area (Å²) < 4.78 is 21.1. The highest BCUT2D eigenvalue weighted by atomic mass is 32.1. The number of thiophene rings is 1. The second kappa shape index (κ2) is 5.67. The Kier molecular flexibility index (Phi) is 3.69. The minimum atomic E-state index is -0.119. The summed E-state index contributed by atoms with van der Waals surface area (Å²) in [4.78, 5) is 1.23. The van der Waals surface area contributed by atoms with Gasteiger partial charge in [-0.15, -0.1) is 11.3 Å². The topological polar surface area (TPSA) is 21.3 Å². The molecule has 0 spiro atoms. The zero-order chi connectivity index (χ0) is 14.2. The van der Waals surface area contributed by atoms with Gasteiger partial charge in [0.1, 0.15) is 5.82 Å². The Morgan fingerprint density at radius 1 is 1.24 bits per heavy atom. The molecule has 4 rings (SSSR count). The SMILES string of the molecule is Fc1cccc2sc(CNC3CC3)c(COCC3CC3)c12. The van der Waals surface area contributed by atoms with Crippen molar-refractivity contribution in [2.24, 2.45) is 5.92 Å². The van der Waals surface area contributed by atoms with Gasteiger partial charge in [-0.1, -0.05) is 6.07 Å². The fourth-order valence-corrected chi connectivity index (χ4v) is 3.82. The average molecular weight is 305 g/mol. The molecule has 0 unspecified atom stereocenters. The van der Waals surface area contributed by atoms with Gasteiger partial charge in [0.2, 0.25) is 0 Å². The zero-order valence-electron chi connectivity index (χ0n) is 12.0. The maximum atomic E-state index is 14.2. The van der Waals surface area contributed by atoms with Gasteiger partial charge in [0.25, 0.3) is 0 Å². The molecule has 21 heavy (non-hydrogen) atoms. The van der Waals surface area contributed by atoms with Crippen LogP contribution in [0.1, 0.15) is 36.1 Å². The summed E-state index contributed by atoms with van der Waals surface area (Å²) >= 11 is 1.70. The van der Waals surface area contributed by atoms with Gasteiger partial charge >= 0.3 is 0 Å². The Bertz CT molecular complexity index is 646. The summed E-state index contributed by atoms with van der Waals surface area (Å²) in [5.41, 5.74) is 1.06. The van der Waals surface area contributed by atoms with Gasteiger partial charge in [-0.05, 0) is 43.7 Å². The highest BCUT2D eigenvalue weighted by molar-refractivity contribution is 7.19. The van der Waals surface area contributed by atoms with E-state index in [9.17, 15) is 4.39 Å². The highest BCUT2D eigenvalue weighted by Gasteiger charge is 2.24. The Labute approximate surface area is 128 Å². The van der Waals surface area contributed by atoms with E-state index in [1.807, 2.05) is 6.07 Å². The summed E-state index contributed by atoms with van der Waals surface area (Å²) in [6, 6.07) is 6.02. The summed E-state index contributed by atoms with van der Waals surface area (Å²) in [5, 5.41) is 4.31. The molecule has 0 amide bonds. The molecule has 0 saturated heterocycles. The van der Waals surface area contributed by atoms with Crippen LogP contribution in [0.3, 0.4) is 0 Å². The van der Waals surface area contributed by atoms with E-state index in [-0.39, 0.29) is 5.82 Å². The van der Waals surface area contributed by atoms with Crippen LogP contribution in [0.25, 0.3) is 10.1 Å². The van der Waals surface area contributed by atoms with E-state index in [1.54, 1.807) is 23.5 Å². The molecule has 0 aliphatic heterocycles. The molecule has 2 saturated carbocycles. The molecule has 1 heterocycles. The Hall–Kier alpha value is -0.970. The van der Waals surface area contributed by atoms with Crippen LogP contribution < -0.4 is 5.32 Å². The molecule has 112 valence electrons. The molecule has 1 aromatic heterocycles. The van der Waals surface area contributed by atoms with Crippen molar-refractivity contribution < 1.29 is 9.13 Å². The Balaban J connectivity index is 1.59. The summed E-state index contributed by atoms with van der Waals surface area (Å²) in [6.07, 6.45) is 5.11. The van der Waals surface area contributed by atoms with Crippen molar-refractivity contribution in [3.63, 3.8) is 0 Å². The zero-order valence-corrected chi connectivity index (χ0v) is 12.8. The van der Waals surface area contributed by atoms with E-state index in [4.69, 9.17) is 4.74 Å². The first-order chi connectivity index (χ1) is 10.3. The molecule has 1 N–H and O–H groups in total. The van der Waals surface area contributed by atoms with E-state index in [0.29, 0.717) is 12.6 Å². The van der Waals surface area contributed by atoms with Crippen LogP contribution in [-0.4, -0.2) is 12.6 Å². The first-order valence-electron chi connectivity index (χ1n) is 7.81. The molecular formula is C17H20FNOS. The molecular weight excluding hydrogens is 285 g/mol. The predicted octanol–water partition coefficient (Wildman–Crippen LogP) is 4.22. The standard InChI is InChI=1S/C17H20FNOS/c18-14-2-1-3-15-17(14)13(10-20-9-11-4-5-11)16(21-15)8-19-12-6-7-12/h1-3,11-12,19H,4-10H2. The number of hydrogen-bond acceptors (Lipinski definition) is 3. The van der Waals surface area contributed by atoms with Crippen molar-refractivity contribution >= 4 is 21.4 Å². The molecule has 2 aromatic rings. The molecule has 2 aliphatic carbocycles. The summed E-state index contributed by atoms with van der Waals surface area (Å²) in [7, 11) is 0. The Morgan fingerprint density at radius 2 is 2.10 bits per heavy atom. The fraction of sp³-hybridized carbons (Fsp3) is 0.529. The maximum absolute atomic E-state index is 14.2. The number of benzene rings is 1. The molecule has 1 aromatic carbocycles. The molecule has 0 atom stereocenters. The van der Waals surface area contributed by atoms with Crippen LogP contribution in [0.5, 0.6) is 0 Å². The van der Waals surface area contributed by atoms with Crippen LogP contribution in [0, 0.1) is 11.7 Å². The smallest absolute Gasteiger partial charge is 0.132 e. The van der Waals surface area contributed by atoms with Crippen molar-refractivity contribution in [1.82, 2.24) is 5.32 Å². The first-order valence-corrected chi connectivity index (χ1v) is 8.63. The fourth-order valence-electron chi connectivity index (χ4n) is 2.65. The van der Waals surface area contributed by atoms with E-state index < -0.39 is 0 Å². The van der Waals surface area contributed by atoms with Gasteiger partial charge in [-0.2, -0.15) is 0 Å². The molecule has 0 bridgehead atoms. The highest BCUT2D eigenvalue weighted by Crippen LogP contribution is 2.35. The lowest BCUT2D eigenvalue weighted by Crippen LogP contribution is -2.15. The summed E-state index contributed by atoms with van der Waals surface area (Å²) in [6.45, 7) is 2.20. The quantitative estimate of drug-likeness (QED) is 0.827. The monoisotopic (exact) mass is 305 g/mol. The van der Waals surface area contributed by atoms with E-state index in [0.717, 1.165) is 34.7 Å². The van der Waals surface area contributed by atoms with Gasteiger partial charge < -0.3 is 10.1 Å². The first kappa shape index (κ1) is 13.7. The van der Waals surface area contributed by atoms with Crippen LogP contribution in [0.2, 0.25) is 0 Å². The van der Waals surface area contributed by atoms with Crippen molar-refractivity contribution in [3.8, 4) is 0 Å². The van der Waals surface area contributed by atoms with Gasteiger partial charge in [0.05, 0.1) is 6.61 Å². The van der Waals surface area contributed by atoms with Crippen molar-refractivity contribution in [2.45, 2.75) is 44.9 Å².